The predicted octanol–water partition coefficient (Wildman–Crippen LogP) is -2.07. The molecule has 0 spiro atoms. The normalized spacial score (nSPS) is 4.17. The fourth-order valence-electron chi connectivity index (χ4n) is 0. The Kier molecular flexibility index (Phi) is 24.4. The summed E-state index contributed by atoms with van der Waals surface area (Å²) < 4.78 is 0. The van der Waals surface area contributed by atoms with Crippen LogP contribution in [0, 0.1) is 39.9 Å². The number of carbonyl (C=O) groups excluding carboxylic acids is 1. The largest absolute Gasteiger partial charge is 3.00 e. The van der Waals surface area contributed by atoms with E-state index in [-0.39, 0.29) is 45.4 Å². The van der Waals surface area contributed by atoms with Gasteiger partial charge in [0.15, 0.2) is 0 Å². The number of carboxylic acids is 1. The molecule has 3 nitrogen and oxygen atoms in total. The molecule has 37 valence electrons. The van der Waals surface area contributed by atoms with E-state index in [1.807, 2.05) is 0 Å². The molecular weight excluding hydrogens is 229 g/mol. The molecule has 4 heteroatoms. The van der Waals surface area contributed by atoms with Crippen LogP contribution in [0.15, 0.2) is 0 Å². The minimum absolute atomic E-state index is 0. The van der Waals surface area contributed by atoms with E-state index in [1.54, 1.807) is 0 Å². The zero-order valence-electron chi connectivity index (χ0n) is 3.17. The second-order valence-corrected chi connectivity index (χ2v) is 0.492. The zero-order valence-corrected chi connectivity index (χ0v) is 5.44. The molecule has 0 unspecified atom stereocenters. The summed E-state index contributed by atoms with van der Waals surface area (Å²) in [5.74, 6) is -1.08. The van der Waals surface area contributed by atoms with Crippen molar-refractivity contribution in [1.29, 1.82) is 0 Å². The molecule has 0 atom stereocenters. The van der Waals surface area contributed by atoms with E-state index in [0.717, 1.165) is 6.92 Å². The Labute approximate surface area is 67.7 Å². The minimum atomic E-state index is -1.08. The third kappa shape index (κ3) is 118. The summed E-state index contributed by atoms with van der Waals surface area (Å²) in [6.07, 6.45) is 0. The van der Waals surface area contributed by atoms with Gasteiger partial charge in [0.2, 0.25) is 0 Å². The first-order valence-corrected chi connectivity index (χ1v) is 0.908. The van der Waals surface area contributed by atoms with Gasteiger partial charge in [0.05, 0.1) is 0 Å². The monoisotopic (exact) mass is 235 g/mol. The molecule has 0 aromatic rings. The van der Waals surface area contributed by atoms with Crippen LogP contribution >= 0.6 is 0 Å². The summed E-state index contributed by atoms with van der Waals surface area (Å²) in [6.45, 7) is 0.972. The van der Waals surface area contributed by atoms with Gasteiger partial charge < -0.3 is 15.4 Å². The number of carboxylic acid groups (broad SMARTS) is 1. The van der Waals surface area contributed by atoms with E-state index >= 15 is 0 Å². The van der Waals surface area contributed by atoms with E-state index in [9.17, 15) is 0 Å². The first kappa shape index (κ1) is 15.9. The minimum Gasteiger partial charge on any atom is -0.550 e. The second kappa shape index (κ2) is 9.23. The van der Waals surface area contributed by atoms with Crippen LogP contribution in [0.25, 0.3) is 0 Å². The number of rotatable bonds is 0. The van der Waals surface area contributed by atoms with Crippen LogP contribution in [-0.2, 0) is 4.79 Å². The SMILES string of the molecule is CC(=O)[O-].O.[Gd+3]. The van der Waals surface area contributed by atoms with Crippen molar-refractivity contribution in [2.75, 3.05) is 0 Å². The van der Waals surface area contributed by atoms with Gasteiger partial charge in [-0.2, -0.15) is 0 Å². The Hall–Kier alpha value is 0.755. The van der Waals surface area contributed by atoms with Crippen molar-refractivity contribution in [2.45, 2.75) is 6.92 Å². The molecule has 0 fully saturated rings. The van der Waals surface area contributed by atoms with Crippen molar-refractivity contribution in [3.05, 3.63) is 0 Å². The molecule has 0 aromatic heterocycles. The van der Waals surface area contributed by atoms with Gasteiger partial charge in [-0.15, -0.1) is 0 Å². The molecule has 0 saturated heterocycles. The molecule has 2 N–H and O–H groups in total. The molecule has 0 heterocycles. The third-order valence-corrected chi connectivity index (χ3v) is 0. The van der Waals surface area contributed by atoms with Crippen LogP contribution in [0.5, 0.6) is 0 Å². The molecule has 6 heavy (non-hydrogen) atoms. The predicted molar refractivity (Wildman–Crippen MR) is 14.3 cm³/mol. The quantitative estimate of drug-likeness (QED) is 0.483. The van der Waals surface area contributed by atoms with Crippen LogP contribution in [0.4, 0.5) is 0 Å². The van der Waals surface area contributed by atoms with Crippen LogP contribution in [0.3, 0.4) is 0 Å². The number of hydrogen-bond acceptors (Lipinski definition) is 2. The molecular formula is C2H5GdO3+2. The average Bonchev–Trinajstić information content (AvgIpc) is 0.811. The first-order valence-electron chi connectivity index (χ1n) is 0.908. The maximum absolute atomic E-state index is 8.89. The van der Waals surface area contributed by atoms with Crippen molar-refractivity contribution in [2.24, 2.45) is 0 Å². The molecule has 0 aliphatic carbocycles. The molecule has 0 aliphatic rings. The van der Waals surface area contributed by atoms with Crippen molar-refractivity contribution in [3.8, 4) is 0 Å². The molecule has 0 aliphatic heterocycles. The Morgan fingerprint density at radius 2 is 1.67 bits per heavy atom. The van der Waals surface area contributed by atoms with E-state index in [2.05, 4.69) is 0 Å². The first-order chi connectivity index (χ1) is 1.73. The Bertz CT molecular complexity index is 31.8. The summed E-state index contributed by atoms with van der Waals surface area (Å²) in [5.41, 5.74) is 0. The van der Waals surface area contributed by atoms with Crippen LogP contribution in [0.2, 0.25) is 0 Å². The topological polar surface area (TPSA) is 71.6 Å². The maximum Gasteiger partial charge on any atom is 3.00 e. The third-order valence-electron chi connectivity index (χ3n) is 0. The van der Waals surface area contributed by atoms with Gasteiger partial charge in [0, 0.05) is 5.97 Å². The molecule has 0 saturated carbocycles. The summed E-state index contributed by atoms with van der Waals surface area (Å²) in [4.78, 5) is 8.89. The molecule has 0 bridgehead atoms. The molecule has 0 aromatic carbocycles. The van der Waals surface area contributed by atoms with Crippen molar-refractivity contribution >= 4 is 5.97 Å². The summed E-state index contributed by atoms with van der Waals surface area (Å²) in [5, 5.41) is 8.89. The number of hydrogen-bond donors (Lipinski definition) is 0. The fourth-order valence-corrected chi connectivity index (χ4v) is 0. The fraction of sp³-hybridized carbons (Fsp3) is 0.500. The van der Waals surface area contributed by atoms with E-state index in [1.165, 1.54) is 0 Å². The van der Waals surface area contributed by atoms with E-state index < -0.39 is 5.97 Å². The molecule has 1 radical (unpaired) electrons. The van der Waals surface area contributed by atoms with Gasteiger partial charge >= 0.3 is 39.9 Å². The Balaban J connectivity index is -0.0000000450. The number of carbonyl (C=O) groups is 1. The van der Waals surface area contributed by atoms with Gasteiger partial charge in [-0.05, 0) is 6.92 Å². The summed E-state index contributed by atoms with van der Waals surface area (Å²) in [7, 11) is 0. The standard InChI is InChI=1S/C2H4O2.Gd.H2O/c1-2(3)4;;/h1H3,(H,3,4);;1H2/q;+3;/p-1. The van der Waals surface area contributed by atoms with Gasteiger partial charge in [0.25, 0.3) is 0 Å². The number of aliphatic carboxylic acids is 1. The van der Waals surface area contributed by atoms with Crippen molar-refractivity contribution < 1.29 is 55.3 Å². The van der Waals surface area contributed by atoms with Gasteiger partial charge in [-0.25, -0.2) is 0 Å². The van der Waals surface area contributed by atoms with Crippen molar-refractivity contribution in [3.63, 3.8) is 0 Å². The molecule has 0 amide bonds. The van der Waals surface area contributed by atoms with Crippen LogP contribution in [-0.4, -0.2) is 11.4 Å². The van der Waals surface area contributed by atoms with E-state index in [4.69, 9.17) is 9.90 Å². The zero-order chi connectivity index (χ0) is 3.58. The van der Waals surface area contributed by atoms with Gasteiger partial charge in [-0.3, -0.25) is 0 Å². The van der Waals surface area contributed by atoms with Gasteiger partial charge in [0.1, 0.15) is 0 Å². The van der Waals surface area contributed by atoms with Gasteiger partial charge in [-0.1, -0.05) is 0 Å². The summed E-state index contributed by atoms with van der Waals surface area (Å²) >= 11 is 0. The van der Waals surface area contributed by atoms with E-state index in [0.29, 0.717) is 0 Å². The Morgan fingerprint density at radius 3 is 1.67 bits per heavy atom. The maximum atomic E-state index is 8.89. The smallest absolute Gasteiger partial charge is 0.550 e. The van der Waals surface area contributed by atoms with Crippen molar-refractivity contribution in [1.82, 2.24) is 0 Å². The van der Waals surface area contributed by atoms with Crippen LogP contribution < -0.4 is 5.11 Å². The second-order valence-electron chi connectivity index (χ2n) is 0.492. The average molecular weight is 234 g/mol. The molecule has 0 rings (SSSR count). The summed E-state index contributed by atoms with van der Waals surface area (Å²) in [6, 6.07) is 0. The van der Waals surface area contributed by atoms with Crippen LogP contribution in [0.1, 0.15) is 6.92 Å². The Morgan fingerprint density at radius 1 is 1.67 bits per heavy atom.